The van der Waals surface area contributed by atoms with Crippen LogP contribution >= 0.6 is 0 Å². The molecule has 0 aliphatic carbocycles. The average molecular weight is 377 g/mol. The average Bonchev–Trinajstić information content (AvgIpc) is 3.13. The quantitative estimate of drug-likeness (QED) is 0.488. The van der Waals surface area contributed by atoms with Crippen molar-refractivity contribution in [1.29, 1.82) is 5.41 Å². The lowest BCUT2D eigenvalue weighted by atomic mass is 9.94. The zero-order valence-corrected chi connectivity index (χ0v) is 16.1. The molecule has 0 radical (unpaired) electrons. The maximum atomic E-state index is 7.20. The number of nitrogens with zero attached hydrogens (tertiary/aromatic N) is 5. The van der Waals surface area contributed by atoms with Gasteiger partial charge in [-0.25, -0.2) is 9.97 Å². The first kappa shape index (κ1) is 17.9. The van der Waals surface area contributed by atoms with E-state index in [9.17, 15) is 0 Å². The first-order valence-corrected chi connectivity index (χ1v) is 9.22. The van der Waals surface area contributed by atoms with E-state index in [0.717, 1.165) is 35.1 Å². The Kier molecular flexibility index (Phi) is 4.64. The highest BCUT2D eigenvalue weighted by atomic mass is 15.3. The number of allylic oxidation sites excluding steroid dienone is 1. The summed E-state index contributed by atoms with van der Waals surface area (Å²) in [5, 5.41) is 25.6. The van der Waals surface area contributed by atoms with Crippen molar-refractivity contribution in [2.24, 2.45) is 5.92 Å². The Morgan fingerprint density at radius 3 is 2.96 bits per heavy atom. The second-order valence-electron chi connectivity index (χ2n) is 7.00. The predicted molar refractivity (Wildman–Crippen MR) is 110 cm³/mol. The highest BCUT2D eigenvalue weighted by Crippen LogP contribution is 2.33. The maximum absolute atomic E-state index is 7.20. The lowest BCUT2D eigenvalue weighted by Crippen LogP contribution is -2.26. The fraction of sp³-hybridized carbons (Fsp3) is 0.316. The summed E-state index contributed by atoms with van der Waals surface area (Å²) < 4.78 is 2.09. The van der Waals surface area contributed by atoms with Gasteiger partial charge in [0.05, 0.1) is 5.69 Å². The second-order valence-corrected chi connectivity index (χ2v) is 7.00. The van der Waals surface area contributed by atoms with Crippen molar-refractivity contribution < 1.29 is 0 Å². The molecule has 0 saturated carbocycles. The van der Waals surface area contributed by atoms with E-state index in [1.54, 1.807) is 19.3 Å². The van der Waals surface area contributed by atoms with E-state index in [0.29, 0.717) is 23.6 Å². The van der Waals surface area contributed by atoms with Crippen molar-refractivity contribution in [1.82, 2.24) is 29.9 Å². The molecule has 0 bridgehead atoms. The van der Waals surface area contributed by atoms with Gasteiger partial charge in [0.25, 0.3) is 0 Å². The molecular weight excluding hydrogens is 354 g/mol. The second kappa shape index (κ2) is 7.26. The third-order valence-electron chi connectivity index (χ3n) is 4.89. The van der Waals surface area contributed by atoms with Gasteiger partial charge >= 0.3 is 0 Å². The molecule has 9 nitrogen and oxygen atoms in total. The number of hydrogen-bond donors (Lipinski definition) is 4. The first-order valence-electron chi connectivity index (χ1n) is 9.22. The third kappa shape index (κ3) is 3.15. The molecule has 144 valence electrons. The van der Waals surface area contributed by atoms with Gasteiger partial charge in [-0.05, 0) is 30.2 Å². The molecule has 1 atom stereocenters. The minimum absolute atomic E-state index is 0.337. The molecule has 4 N–H and O–H groups in total. The van der Waals surface area contributed by atoms with Gasteiger partial charge in [-0.1, -0.05) is 13.8 Å². The van der Waals surface area contributed by atoms with Crippen LogP contribution in [-0.2, 0) is 0 Å². The van der Waals surface area contributed by atoms with Gasteiger partial charge in [-0.2, -0.15) is 0 Å². The van der Waals surface area contributed by atoms with E-state index >= 15 is 0 Å². The largest absolute Gasteiger partial charge is 0.375 e. The lowest BCUT2D eigenvalue weighted by molar-refractivity contribution is 0.479. The van der Waals surface area contributed by atoms with Gasteiger partial charge in [0, 0.05) is 37.5 Å². The van der Waals surface area contributed by atoms with Gasteiger partial charge in [0.2, 0.25) is 5.95 Å². The lowest BCUT2D eigenvalue weighted by Gasteiger charge is -2.26. The summed E-state index contributed by atoms with van der Waals surface area (Å²) in [5.41, 5.74) is 2.51. The van der Waals surface area contributed by atoms with Crippen LogP contribution in [-0.4, -0.2) is 44.4 Å². The van der Waals surface area contributed by atoms with E-state index in [1.165, 1.54) is 6.21 Å². The molecule has 0 unspecified atom stereocenters. The third-order valence-corrected chi connectivity index (χ3v) is 4.89. The standard InChI is InChI=1S/C19H23N9/c1-11(2)13-10-23-16-8-12(9-17-26-27-18(13)28(16)17)14-5-7-22-19(24-14)25-15(21-3)4-6-20/h4-9,11,13,20-21,23H,10H2,1-3H3,(H,22,24,25)/b15-4+,20-6?/t13-/m1/s1. The molecule has 4 heterocycles. The SMILES string of the molecule is CN/C(=C\C=N)Nc1nccc(-c2cc3n4c(nnc4c2)[C@@H](C(C)C)CN3)n1. The Labute approximate surface area is 162 Å². The molecule has 0 saturated heterocycles. The highest BCUT2D eigenvalue weighted by Gasteiger charge is 2.27. The normalized spacial score (nSPS) is 16.1. The summed E-state index contributed by atoms with van der Waals surface area (Å²) >= 11 is 0. The monoisotopic (exact) mass is 377 g/mol. The van der Waals surface area contributed by atoms with Crippen molar-refractivity contribution in [3.05, 3.63) is 42.1 Å². The van der Waals surface area contributed by atoms with Crippen LogP contribution < -0.4 is 16.0 Å². The van der Waals surface area contributed by atoms with Gasteiger partial charge in [-0.15, -0.1) is 10.2 Å². The molecule has 3 aromatic heterocycles. The topological polar surface area (TPSA) is 116 Å². The Hall–Kier alpha value is -3.49. The van der Waals surface area contributed by atoms with E-state index in [1.807, 2.05) is 12.1 Å². The summed E-state index contributed by atoms with van der Waals surface area (Å²) in [6, 6.07) is 5.91. The Balaban J connectivity index is 1.72. The Bertz CT molecular complexity index is 1050. The number of pyridine rings is 1. The number of anilines is 2. The van der Waals surface area contributed by atoms with Gasteiger partial charge in [0.15, 0.2) is 5.65 Å². The van der Waals surface area contributed by atoms with Crippen LogP contribution in [0.15, 0.2) is 36.3 Å². The van der Waals surface area contributed by atoms with E-state index in [2.05, 4.69) is 60.4 Å². The number of aromatic nitrogens is 5. The molecule has 1 aliphatic rings. The molecule has 4 rings (SSSR count). The Morgan fingerprint density at radius 2 is 2.21 bits per heavy atom. The van der Waals surface area contributed by atoms with Gasteiger partial charge in [-0.3, -0.25) is 4.40 Å². The van der Waals surface area contributed by atoms with Crippen LogP contribution in [0.2, 0.25) is 0 Å². The molecule has 0 amide bonds. The Morgan fingerprint density at radius 1 is 1.36 bits per heavy atom. The van der Waals surface area contributed by atoms with Crippen LogP contribution in [0, 0.1) is 11.3 Å². The zero-order chi connectivity index (χ0) is 19.7. The zero-order valence-electron chi connectivity index (χ0n) is 16.1. The summed E-state index contributed by atoms with van der Waals surface area (Å²) in [6.07, 6.45) is 4.49. The van der Waals surface area contributed by atoms with Crippen LogP contribution in [0.4, 0.5) is 11.8 Å². The first-order chi connectivity index (χ1) is 13.6. The predicted octanol–water partition coefficient (Wildman–Crippen LogP) is 2.47. The molecule has 1 aliphatic heterocycles. The van der Waals surface area contributed by atoms with Crippen LogP contribution in [0.5, 0.6) is 0 Å². The summed E-state index contributed by atoms with van der Waals surface area (Å²) in [6.45, 7) is 5.24. The molecule has 0 aromatic carbocycles. The van der Waals surface area contributed by atoms with Crippen LogP contribution in [0.25, 0.3) is 16.9 Å². The summed E-state index contributed by atoms with van der Waals surface area (Å²) in [5.74, 6) is 3.88. The molecule has 28 heavy (non-hydrogen) atoms. The minimum Gasteiger partial charge on any atom is -0.375 e. The minimum atomic E-state index is 0.337. The molecule has 0 fully saturated rings. The maximum Gasteiger partial charge on any atom is 0.228 e. The molecule has 0 spiro atoms. The fourth-order valence-corrected chi connectivity index (χ4v) is 3.37. The van der Waals surface area contributed by atoms with E-state index in [4.69, 9.17) is 5.41 Å². The van der Waals surface area contributed by atoms with Gasteiger partial charge in [0.1, 0.15) is 17.5 Å². The molecule has 9 heteroatoms. The van der Waals surface area contributed by atoms with Crippen molar-refractivity contribution >= 4 is 23.6 Å². The number of nitrogens with one attached hydrogen (secondary N) is 4. The van der Waals surface area contributed by atoms with Crippen LogP contribution in [0.3, 0.4) is 0 Å². The summed E-state index contributed by atoms with van der Waals surface area (Å²) in [7, 11) is 1.77. The summed E-state index contributed by atoms with van der Waals surface area (Å²) in [4.78, 5) is 8.86. The van der Waals surface area contributed by atoms with Crippen molar-refractivity contribution in [3.8, 4) is 11.3 Å². The van der Waals surface area contributed by atoms with Gasteiger partial charge < -0.3 is 21.4 Å². The fourth-order valence-electron chi connectivity index (χ4n) is 3.37. The van der Waals surface area contributed by atoms with Crippen molar-refractivity contribution in [2.75, 3.05) is 24.2 Å². The van der Waals surface area contributed by atoms with Crippen molar-refractivity contribution in [3.63, 3.8) is 0 Å². The molecule has 3 aromatic rings. The highest BCUT2D eigenvalue weighted by molar-refractivity contribution is 5.71. The van der Waals surface area contributed by atoms with Crippen molar-refractivity contribution in [2.45, 2.75) is 19.8 Å². The van der Waals surface area contributed by atoms with E-state index < -0.39 is 0 Å². The smallest absolute Gasteiger partial charge is 0.228 e. The number of hydrogen-bond acceptors (Lipinski definition) is 8. The van der Waals surface area contributed by atoms with Crippen LogP contribution in [0.1, 0.15) is 25.6 Å². The van der Waals surface area contributed by atoms with E-state index in [-0.39, 0.29) is 0 Å². The molecular formula is C19H23N9. The number of rotatable bonds is 6.